The van der Waals surface area contributed by atoms with Crippen molar-refractivity contribution in [3.05, 3.63) is 17.0 Å². The van der Waals surface area contributed by atoms with Gasteiger partial charge in [0.05, 0.1) is 5.69 Å². The third-order valence-corrected chi connectivity index (χ3v) is 1.77. The molecule has 62 valence electrons. The highest BCUT2D eigenvalue weighted by Gasteiger charge is 2.06. The molecule has 0 fully saturated rings. The zero-order chi connectivity index (χ0) is 8.27. The van der Waals surface area contributed by atoms with Crippen LogP contribution in [0.15, 0.2) is 4.52 Å². The molecule has 1 aromatic heterocycles. The predicted molar refractivity (Wildman–Crippen MR) is 41.4 cm³/mol. The second-order valence-electron chi connectivity index (χ2n) is 2.63. The molecule has 11 heavy (non-hydrogen) atoms. The fourth-order valence-corrected chi connectivity index (χ4v) is 1.11. The Bertz CT molecular complexity index is 210. The average Bonchev–Trinajstić information content (AvgIpc) is 2.29. The van der Waals surface area contributed by atoms with E-state index in [-0.39, 0.29) is 6.61 Å². The summed E-state index contributed by atoms with van der Waals surface area (Å²) in [5.41, 5.74) is 2.08. The summed E-state index contributed by atoms with van der Waals surface area (Å²) >= 11 is 0. The number of aromatic nitrogens is 1. The van der Waals surface area contributed by atoms with E-state index in [0.717, 1.165) is 29.9 Å². The molecule has 1 heterocycles. The molecule has 0 amide bonds. The maximum atomic E-state index is 8.60. The van der Waals surface area contributed by atoms with Crippen molar-refractivity contribution in [1.82, 2.24) is 5.16 Å². The maximum Gasteiger partial charge on any atom is 0.137 e. The van der Waals surface area contributed by atoms with Gasteiger partial charge in [-0.15, -0.1) is 0 Å². The Hall–Kier alpha value is -0.830. The Morgan fingerprint density at radius 3 is 2.64 bits per heavy atom. The lowest BCUT2D eigenvalue weighted by Gasteiger charge is -1.95. The monoisotopic (exact) mass is 155 g/mol. The number of aryl methyl sites for hydroxylation is 2. The number of rotatable bonds is 3. The van der Waals surface area contributed by atoms with E-state index >= 15 is 0 Å². The zero-order valence-electron chi connectivity index (χ0n) is 6.92. The second-order valence-corrected chi connectivity index (χ2v) is 2.63. The van der Waals surface area contributed by atoms with Gasteiger partial charge in [0.25, 0.3) is 0 Å². The van der Waals surface area contributed by atoms with E-state index in [1.807, 2.05) is 13.8 Å². The molecule has 0 spiro atoms. The fourth-order valence-electron chi connectivity index (χ4n) is 1.11. The van der Waals surface area contributed by atoms with Crippen molar-refractivity contribution >= 4 is 0 Å². The smallest absolute Gasteiger partial charge is 0.137 e. The number of nitrogens with zero attached hydrogens (tertiary/aromatic N) is 1. The van der Waals surface area contributed by atoms with Crippen LogP contribution in [0, 0.1) is 13.8 Å². The summed E-state index contributed by atoms with van der Waals surface area (Å²) in [4.78, 5) is 0. The van der Waals surface area contributed by atoms with Crippen LogP contribution in [0.4, 0.5) is 0 Å². The molecule has 0 saturated carbocycles. The first-order valence-corrected chi connectivity index (χ1v) is 3.78. The highest BCUT2D eigenvalue weighted by molar-refractivity contribution is 5.20. The van der Waals surface area contributed by atoms with Crippen LogP contribution in [0.2, 0.25) is 0 Å². The van der Waals surface area contributed by atoms with E-state index in [1.165, 1.54) is 0 Å². The first-order chi connectivity index (χ1) is 5.25. The Morgan fingerprint density at radius 1 is 1.45 bits per heavy atom. The van der Waals surface area contributed by atoms with Gasteiger partial charge in [-0.3, -0.25) is 0 Å². The van der Waals surface area contributed by atoms with Crippen molar-refractivity contribution < 1.29 is 9.63 Å². The molecular weight excluding hydrogens is 142 g/mol. The van der Waals surface area contributed by atoms with Crippen LogP contribution in [-0.4, -0.2) is 16.9 Å². The van der Waals surface area contributed by atoms with E-state index in [4.69, 9.17) is 9.63 Å². The Balaban J connectivity index is 2.67. The van der Waals surface area contributed by atoms with Gasteiger partial charge in [-0.25, -0.2) is 0 Å². The van der Waals surface area contributed by atoms with Crippen molar-refractivity contribution in [3.8, 4) is 0 Å². The molecule has 3 nitrogen and oxygen atoms in total. The number of aliphatic hydroxyl groups is 1. The van der Waals surface area contributed by atoms with Crippen LogP contribution in [0.1, 0.15) is 23.4 Å². The van der Waals surface area contributed by atoms with Gasteiger partial charge in [-0.1, -0.05) is 5.16 Å². The zero-order valence-corrected chi connectivity index (χ0v) is 6.92. The lowest BCUT2D eigenvalue weighted by molar-refractivity contribution is 0.288. The molecule has 0 bridgehead atoms. The van der Waals surface area contributed by atoms with Gasteiger partial charge in [-0.2, -0.15) is 0 Å². The van der Waals surface area contributed by atoms with E-state index in [0.29, 0.717) is 0 Å². The minimum Gasteiger partial charge on any atom is -0.396 e. The molecule has 0 unspecified atom stereocenters. The van der Waals surface area contributed by atoms with Crippen molar-refractivity contribution in [2.24, 2.45) is 0 Å². The average molecular weight is 155 g/mol. The van der Waals surface area contributed by atoms with Gasteiger partial charge in [-0.05, 0) is 26.7 Å². The molecule has 0 aliphatic rings. The van der Waals surface area contributed by atoms with Crippen LogP contribution >= 0.6 is 0 Å². The molecule has 0 atom stereocenters. The van der Waals surface area contributed by atoms with Crippen LogP contribution in [-0.2, 0) is 6.42 Å². The summed E-state index contributed by atoms with van der Waals surface area (Å²) in [5.74, 6) is 0.871. The first-order valence-electron chi connectivity index (χ1n) is 3.78. The minimum absolute atomic E-state index is 0.226. The molecule has 0 aliphatic heterocycles. The van der Waals surface area contributed by atoms with E-state index in [1.54, 1.807) is 0 Å². The van der Waals surface area contributed by atoms with E-state index in [9.17, 15) is 0 Å². The Kier molecular flexibility index (Phi) is 2.65. The van der Waals surface area contributed by atoms with Crippen LogP contribution < -0.4 is 0 Å². The fraction of sp³-hybridized carbons (Fsp3) is 0.625. The minimum atomic E-state index is 0.226. The summed E-state index contributed by atoms with van der Waals surface area (Å²) in [6, 6.07) is 0. The molecular formula is C8H13NO2. The Morgan fingerprint density at radius 2 is 2.18 bits per heavy atom. The third-order valence-electron chi connectivity index (χ3n) is 1.77. The summed E-state index contributed by atoms with van der Waals surface area (Å²) in [5, 5.41) is 12.4. The highest BCUT2D eigenvalue weighted by Crippen LogP contribution is 2.13. The standard InChI is InChI=1S/C8H13NO2/c1-6-8(4-3-5-10)7(2)11-9-6/h10H,3-5H2,1-2H3. The maximum absolute atomic E-state index is 8.60. The molecule has 0 saturated heterocycles. The van der Waals surface area contributed by atoms with Gasteiger partial charge in [0.2, 0.25) is 0 Å². The van der Waals surface area contributed by atoms with Crippen molar-refractivity contribution in [1.29, 1.82) is 0 Å². The Labute approximate surface area is 66.0 Å². The molecule has 1 N–H and O–H groups in total. The number of aliphatic hydroxyl groups excluding tert-OH is 1. The van der Waals surface area contributed by atoms with Crippen molar-refractivity contribution in [2.75, 3.05) is 6.61 Å². The van der Waals surface area contributed by atoms with E-state index < -0.39 is 0 Å². The van der Waals surface area contributed by atoms with Gasteiger partial charge >= 0.3 is 0 Å². The van der Waals surface area contributed by atoms with Gasteiger partial charge in [0.1, 0.15) is 5.76 Å². The molecule has 1 aromatic rings. The summed E-state index contributed by atoms with van der Waals surface area (Å²) in [7, 11) is 0. The number of hydrogen-bond donors (Lipinski definition) is 1. The first kappa shape index (κ1) is 8.27. The molecule has 1 rings (SSSR count). The van der Waals surface area contributed by atoms with Crippen molar-refractivity contribution in [2.45, 2.75) is 26.7 Å². The van der Waals surface area contributed by atoms with Gasteiger partial charge in [0.15, 0.2) is 0 Å². The normalized spacial score (nSPS) is 10.5. The molecule has 0 aliphatic carbocycles. The summed E-state index contributed by atoms with van der Waals surface area (Å²) < 4.78 is 4.96. The third kappa shape index (κ3) is 1.80. The van der Waals surface area contributed by atoms with E-state index in [2.05, 4.69) is 5.16 Å². The molecule has 0 aromatic carbocycles. The quantitative estimate of drug-likeness (QED) is 0.713. The molecule has 0 radical (unpaired) electrons. The largest absolute Gasteiger partial charge is 0.396 e. The lowest BCUT2D eigenvalue weighted by atomic mass is 10.1. The topological polar surface area (TPSA) is 46.3 Å². The van der Waals surface area contributed by atoms with Gasteiger partial charge in [0, 0.05) is 12.2 Å². The highest BCUT2D eigenvalue weighted by atomic mass is 16.5. The van der Waals surface area contributed by atoms with Crippen LogP contribution in [0.3, 0.4) is 0 Å². The predicted octanol–water partition coefficient (Wildman–Crippen LogP) is 1.22. The van der Waals surface area contributed by atoms with Crippen molar-refractivity contribution in [3.63, 3.8) is 0 Å². The summed E-state index contributed by atoms with van der Waals surface area (Å²) in [6.07, 6.45) is 1.64. The summed E-state index contributed by atoms with van der Waals surface area (Å²) in [6.45, 7) is 4.04. The second kappa shape index (κ2) is 3.53. The lowest BCUT2D eigenvalue weighted by Crippen LogP contribution is -1.91. The molecule has 3 heteroatoms. The SMILES string of the molecule is Cc1noc(C)c1CCCO. The van der Waals surface area contributed by atoms with Crippen LogP contribution in [0.5, 0.6) is 0 Å². The van der Waals surface area contributed by atoms with Gasteiger partial charge < -0.3 is 9.63 Å². The van der Waals surface area contributed by atoms with Crippen LogP contribution in [0.25, 0.3) is 0 Å². The number of hydrogen-bond acceptors (Lipinski definition) is 3.